The number of rotatable bonds is 5. The van der Waals surface area contributed by atoms with Gasteiger partial charge in [-0.25, -0.2) is 4.79 Å². The van der Waals surface area contributed by atoms with Crippen molar-refractivity contribution in [2.45, 2.75) is 58.7 Å². The van der Waals surface area contributed by atoms with Crippen molar-refractivity contribution in [3.63, 3.8) is 0 Å². The molecular formula is C18H28N2O3. The first kappa shape index (κ1) is 17.8. The number of nitrogens with one attached hydrogen (secondary N) is 1. The number of hydrogen-bond acceptors (Lipinski definition) is 4. The minimum absolute atomic E-state index is 0.0715. The van der Waals surface area contributed by atoms with Crippen LogP contribution in [0.15, 0.2) is 18.2 Å². The number of aliphatic hydroxyl groups excluding tert-OH is 1. The van der Waals surface area contributed by atoms with E-state index in [9.17, 15) is 9.90 Å². The maximum Gasteiger partial charge on any atom is 0.414 e. The number of hydrogen-bond donors (Lipinski definition) is 2. The molecule has 23 heavy (non-hydrogen) atoms. The Morgan fingerprint density at radius 1 is 1.43 bits per heavy atom. The van der Waals surface area contributed by atoms with E-state index in [0.29, 0.717) is 13.1 Å². The van der Waals surface area contributed by atoms with Crippen LogP contribution in [0.1, 0.15) is 45.2 Å². The molecule has 1 aliphatic heterocycles. The first-order chi connectivity index (χ1) is 10.9. The minimum atomic E-state index is -0.503. The van der Waals surface area contributed by atoms with Gasteiger partial charge in [0, 0.05) is 19.1 Å². The van der Waals surface area contributed by atoms with E-state index in [1.54, 1.807) is 4.90 Å². The van der Waals surface area contributed by atoms with Gasteiger partial charge in [-0.2, -0.15) is 0 Å². The predicted molar refractivity (Wildman–Crippen MR) is 91.7 cm³/mol. The minimum Gasteiger partial charge on any atom is -0.443 e. The Labute approximate surface area is 138 Å². The number of para-hydroxylation sites is 1. The highest BCUT2D eigenvalue weighted by Crippen LogP contribution is 2.33. The number of fused-ring (bicyclic) bond motifs is 1. The summed E-state index contributed by atoms with van der Waals surface area (Å²) in [6.45, 7) is 9.06. The molecule has 0 aromatic heterocycles. The van der Waals surface area contributed by atoms with E-state index in [1.807, 2.05) is 39.8 Å². The molecule has 0 aliphatic carbocycles. The summed E-state index contributed by atoms with van der Waals surface area (Å²) in [5.74, 6) is 0. The van der Waals surface area contributed by atoms with Gasteiger partial charge < -0.3 is 15.2 Å². The Morgan fingerprint density at radius 3 is 2.78 bits per heavy atom. The smallest absolute Gasteiger partial charge is 0.414 e. The van der Waals surface area contributed by atoms with Crippen LogP contribution in [0.5, 0.6) is 0 Å². The van der Waals surface area contributed by atoms with Gasteiger partial charge >= 0.3 is 6.09 Å². The van der Waals surface area contributed by atoms with Crippen molar-refractivity contribution in [3.8, 4) is 0 Å². The van der Waals surface area contributed by atoms with Crippen LogP contribution in [-0.4, -0.2) is 36.0 Å². The summed E-state index contributed by atoms with van der Waals surface area (Å²) in [6, 6.07) is 6.18. The fourth-order valence-corrected chi connectivity index (χ4v) is 2.77. The fraction of sp³-hybridized carbons (Fsp3) is 0.611. The van der Waals surface area contributed by atoms with Crippen molar-refractivity contribution in [2.24, 2.45) is 0 Å². The van der Waals surface area contributed by atoms with Gasteiger partial charge in [-0.05, 0) is 44.7 Å². The maximum absolute atomic E-state index is 12.5. The molecule has 0 radical (unpaired) electrons. The molecule has 2 N–H and O–H groups in total. The Hall–Kier alpha value is -1.59. The standard InChI is InChI=1S/C18H28N2O3/c1-5-15(12-21)19-11-14-8-6-7-13-9-10-20(16(13)14)17(22)23-18(2,3)4/h6-8,15,19,21H,5,9-12H2,1-4H3/t15-/m0/s1. The van der Waals surface area contributed by atoms with E-state index in [4.69, 9.17) is 4.74 Å². The van der Waals surface area contributed by atoms with Crippen LogP contribution in [0.4, 0.5) is 10.5 Å². The summed E-state index contributed by atoms with van der Waals surface area (Å²) >= 11 is 0. The number of carbonyl (C=O) groups is 1. The van der Waals surface area contributed by atoms with Crippen molar-refractivity contribution < 1.29 is 14.6 Å². The Kier molecular flexibility index (Phi) is 5.65. The SMILES string of the molecule is CC[C@@H](CO)NCc1cccc2c1N(C(=O)OC(C)(C)C)CC2. The Balaban J connectivity index is 2.18. The van der Waals surface area contributed by atoms with Crippen molar-refractivity contribution in [1.29, 1.82) is 0 Å². The molecule has 2 rings (SSSR count). The molecule has 5 heteroatoms. The molecular weight excluding hydrogens is 292 g/mol. The molecule has 1 aliphatic rings. The molecule has 1 heterocycles. The molecule has 0 unspecified atom stereocenters. The number of carbonyl (C=O) groups excluding carboxylic acids is 1. The molecule has 5 nitrogen and oxygen atoms in total. The first-order valence-corrected chi connectivity index (χ1v) is 8.31. The van der Waals surface area contributed by atoms with Crippen molar-refractivity contribution in [3.05, 3.63) is 29.3 Å². The van der Waals surface area contributed by atoms with Crippen LogP contribution >= 0.6 is 0 Å². The lowest BCUT2D eigenvalue weighted by Crippen LogP contribution is -2.37. The molecule has 0 saturated heterocycles. The number of benzene rings is 1. The zero-order valence-corrected chi connectivity index (χ0v) is 14.6. The van der Waals surface area contributed by atoms with E-state index >= 15 is 0 Å². The van der Waals surface area contributed by atoms with Crippen LogP contribution in [0.3, 0.4) is 0 Å². The van der Waals surface area contributed by atoms with Gasteiger partial charge in [-0.1, -0.05) is 25.1 Å². The van der Waals surface area contributed by atoms with Crippen molar-refractivity contribution in [2.75, 3.05) is 18.1 Å². The number of anilines is 1. The molecule has 0 fully saturated rings. The van der Waals surface area contributed by atoms with Gasteiger partial charge in [0.1, 0.15) is 5.60 Å². The average Bonchev–Trinajstić information content (AvgIpc) is 2.91. The zero-order chi connectivity index (χ0) is 17.0. The molecule has 128 valence electrons. The molecule has 1 aromatic carbocycles. The van der Waals surface area contributed by atoms with Crippen LogP contribution in [0, 0.1) is 0 Å². The largest absolute Gasteiger partial charge is 0.443 e. The third kappa shape index (κ3) is 4.45. The van der Waals surface area contributed by atoms with Gasteiger partial charge in [0.2, 0.25) is 0 Å². The van der Waals surface area contributed by atoms with E-state index in [1.165, 1.54) is 5.56 Å². The lowest BCUT2D eigenvalue weighted by molar-refractivity contribution is 0.0583. The normalized spacial score (nSPS) is 15.4. The van der Waals surface area contributed by atoms with Gasteiger partial charge in [-0.15, -0.1) is 0 Å². The first-order valence-electron chi connectivity index (χ1n) is 8.31. The van der Waals surface area contributed by atoms with Crippen molar-refractivity contribution >= 4 is 11.8 Å². The van der Waals surface area contributed by atoms with Gasteiger partial charge in [-0.3, -0.25) is 4.90 Å². The fourth-order valence-electron chi connectivity index (χ4n) is 2.77. The summed E-state index contributed by atoms with van der Waals surface area (Å²) in [5.41, 5.74) is 2.70. The number of nitrogens with zero attached hydrogens (tertiary/aromatic N) is 1. The second-order valence-corrected chi connectivity index (χ2v) is 6.98. The lowest BCUT2D eigenvalue weighted by atomic mass is 10.1. The van der Waals surface area contributed by atoms with E-state index < -0.39 is 5.60 Å². The van der Waals surface area contributed by atoms with Crippen LogP contribution in [0.2, 0.25) is 0 Å². The monoisotopic (exact) mass is 320 g/mol. The van der Waals surface area contributed by atoms with Crippen molar-refractivity contribution in [1.82, 2.24) is 5.32 Å². The Morgan fingerprint density at radius 2 is 2.17 bits per heavy atom. The molecule has 0 spiro atoms. The summed E-state index contributed by atoms with van der Waals surface area (Å²) in [7, 11) is 0. The molecule has 1 amide bonds. The average molecular weight is 320 g/mol. The van der Waals surface area contributed by atoms with Gasteiger partial charge in [0.25, 0.3) is 0 Å². The van der Waals surface area contributed by atoms with Gasteiger partial charge in [0.05, 0.1) is 12.3 Å². The third-order valence-electron chi connectivity index (χ3n) is 3.99. The highest BCUT2D eigenvalue weighted by Gasteiger charge is 2.30. The second kappa shape index (κ2) is 7.32. The molecule has 1 atom stereocenters. The Bertz CT molecular complexity index is 548. The second-order valence-electron chi connectivity index (χ2n) is 6.98. The number of aliphatic hydroxyl groups is 1. The summed E-state index contributed by atoms with van der Waals surface area (Å²) in [5, 5.41) is 12.7. The topological polar surface area (TPSA) is 61.8 Å². The zero-order valence-electron chi connectivity index (χ0n) is 14.6. The quantitative estimate of drug-likeness (QED) is 0.876. The van der Waals surface area contributed by atoms with Crippen LogP contribution in [-0.2, 0) is 17.7 Å². The summed E-state index contributed by atoms with van der Waals surface area (Å²) < 4.78 is 5.53. The third-order valence-corrected chi connectivity index (χ3v) is 3.99. The number of amides is 1. The molecule has 1 aromatic rings. The van der Waals surface area contributed by atoms with E-state index in [-0.39, 0.29) is 18.7 Å². The molecule has 0 bridgehead atoms. The van der Waals surface area contributed by atoms with E-state index in [2.05, 4.69) is 11.4 Å². The predicted octanol–water partition coefficient (Wildman–Crippen LogP) is 2.84. The summed E-state index contributed by atoms with van der Waals surface area (Å²) in [4.78, 5) is 14.2. The van der Waals surface area contributed by atoms with Gasteiger partial charge in [0.15, 0.2) is 0 Å². The maximum atomic E-state index is 12.5. The highest BCUT2D eigenvalue weighted by molar-refractivity contribution is 5.91. The highest BCUT2D eigenvalue weighted by atomic mass is 16.6. The van der Waals surface area contributed by atoms with Crippen LogP contribution < -0.4 is 10.2 Å². The summed E-state index contributed by atoms with van der Waals surface area (Å²) in [6.07, 6.45) is 1.42. The molecule has 0 saturated carbocycles. The van der Waals surface area contributed by atoms with Crippen LogP contribution in [0.25, 0.3) is 0 Å². The van der Waals surface area contributed by atoms with E-state index in [0.717, 1.165) is 24.1 Å². The lowest BCUT2D eigenvalue weighted by Gasteiger charge is -2.26. The number of ether oxygens (including phenoxy) is 1.